The molecule has 3 nitrogen and oxygen atoms in total. The number of carbonyl (C=O) groups is 1. The molecule has 2 rings (SSSR count). The molecule has 2 atom stereocenters. The molecule has 0 aromatic rings. The van der Waals surface area contributed by atoms with Crippen molar-refractivity contribution in [3.8, 4) is 0 Å². The molecular weight excluding hydrogens is 166 g/mol. The average molecular weight is 183 g/mol. The number of nitrogens with two attached hydrogens (primary N) is 1. The van der Waals surface area contributed by atoms with Crippen LogP contribution >= 0.6 is 0 Å². The smallest absolute Gasteiger partial charge is 0.320 e. The summed E-state index contributed by atoms with van der Waals surface area (Å²) in [6, 6.07) is -0.613. The molecule has 3 N–H and O–H groups in total. The second-order valence-electron chi connectivity index (χ2n) is 4.60. The SMILES string of the molecule is N[C@H](C(=O)O)[C@H]1CC12CCCCC2. The standard InChI is InChI=1S/C10H17NO2/c11-8(9(12)13)7-6-10(7)4-2-1-3-5-10/h7-8H,1-6,11H2,(H,12,13)/t7-,8+/m1/s1. The summed E-state index contributed by atoms with van der Waals surface area (Å²) < 4.78 is 0. The van der Waals surface area contributed by atoms with Crippen LogP contribution in [0.15, 0.2) is 0 Å². The Hall–Kier alpha value is -0.570. The van der Waals surface area contributed by atoms with E-state index in [0.29, 0.717) is 5.41 Å². The summed E-state index contributed by atoms with van der Waals surface area (Å²) in [6.07, 6.45) is 7.32. The van der Waals surface area contributed by atoms with Crippen molar-refractivity contribution < 1.29 is 9.90 Å². The van der Waals surface area contributed by atoms with Gasteiger partial charge in [-0.15, -0.1) is 0 Å². The van der Waals surface area contributed by atoms with Crippen molar-refractivity contribution in [2.75, 3.05) is 0 Å². The molecule has 13 heavy (non-hydrogen) atoms. The lowest BCUT2D eigenvalue weighted by molar-refractivity contribution is -0.139. The fourth-order valence-electron chi connectivity index (χ4n) is 2.89. The van der Waals surface area contributed by atoms with Gasteiger partial charge in [-0.2, -0.15) is 0 Å². The zero-order chi connectivity index (χ0) is 9.47. The van der Waals surface area contributed by atoms with Gasteiger partial charge in [0.25, 0.3) is 0 Å². The van der Waals surface area contributed by atoms with E-state index in [-0.39, 0.29) is 5.92 Å². The van der Waals surface area contributed by atoms with Crippen LogP contribution in [0.25, 0.3) is 0 Å². The van der Waals surface area contributed by atoms with Gasteiger partial charge in [0, 0.05) is 0 Å². The zero-order valence-electron chi connectivity index (χ0n) is 7.83. The molecule has 0 aliphatic heterocycles. The maximum Gasteiger partial charge on any atom is 0.320 e. The zero-order valence-corrected chi connectivity index (χ0v) is 7.83. The van der Waals surface area contributed by atoms with Gasteiger partial charge in [0.1, 0.15) is 6.04 Å². The molecule has 2 aliphatic rings. The molecule has 2 saturated carbocycles. The molecule has 0 radical (unpaired) electrons. The Labute approximate surface area is 78.3 Å². The normalized spacial score (nSPS) is 32.8. The molecule has 74 valence electrons. The lowest BCUT2D eigenvalue weighted by Gasteiger charge is -2.23. The largest absolute Gasteiger partial charge is 0.480 e. The molecule has 0 aromatic heterocycles. The molecular formula is C10H17NO2. The van der Waals surface area contributed by atoms with Crippen molar-refractivity contribution in [1.29, 1.82) is 0 Å². The van der Waals surface area contributed by atoms with Gasteiger partial charge in [0.15, 0.2) is 0 Å². The molecule has 0 amide bonds. The monoisotopic (exact) mass is 183 g/mol. The predicted octanol–water partition coefficient (Wildman–Crippen LogP) is 1.37. The van der Waals surface area contributed by atoms with Crippen molar-refractivity contribution in [2.45, 2.75) is 44.6 Å². The van der Waals surface area contributed by atoms with E-state index in [9.17, 15) is 4.79 Å². The van der Waals surface area contributed by atoms with E-state index < -0.39 is 12.0 Å². The molecule has 0 aromatic carbocycles. The summed E-state index contributed by atoms with van der Waals surface area (Å²) in [5.74, 6) is -0.558. The number of hydrogen-bond acceptors (Lipinski definition) is 2. The third kappa shape index (κ3) is 1.46. The molecule has 0 heterocycles. The number of carboxylic acid groups (broad SMARTS) is 1. The maximum atomic E-state index is 10.7. The fraction of sp³-hybridized carbons (Fsp3) is 0.900. The van der Waals surface area contributed by atoms with Gasteiger partial charge in [-0.3, -0.25) is 4.79 Å². The summed E-state index contributed by atoms with van der Waals surface area (Å²) in [5, 5.41) is 8.78. The number of hydrogen-bond donors (Lipinski definition) is 2. The van der Waals surface area contributed by atoms with Crippen molar-refractivity contribution in [3.63, 3.8) is 0 Å². The number of aliphatic carboxylic acids is 1. The van der Waals surface area contributed by atoms with Crippen molar-refractivity contribution in [1.82, 2.24) is 0 Å². The van der Waals surface area contributed by atoms with Gasteiger partial charge in [-0.05, 0) is 30.6 Å². The highest BCUT2D eigenvalue weighted by molar-refractivity contribution is 5.74. The Balaban J connectivity index is 1.95. The Morgan fingerprint density at radius 1 is 1.38 bits per heavy atom. The highest BCUT2D eigenvalue weighted by Crippen LogP contribution is 2.62. The van der Waals surface area contributed by atoms with Gasteiger partial charge < -0.3 is 10.8 Å². The van der Waals surface area contributed by atoms with Crippen LogP contribution in [0.2, 0.25) is 0 Å². The van der Waals surface area contributed by atoms with Crippen LogP contribution in [0.1, 0.15) is 38.5 Å². The third-order valence-corrected chi connectivity index (χ3v) is 3.82. The Bertz CT molecular complexity index is 221. The first-order valence-corrected chi connectivity index (χ1v) is 5.14. The second kappa shape index (κ2) is 2.98. The molecule has 0 bridgehead atoms. The van der Waals surface area contributed by atoms with Crippen LogP contribution in [0.4, 0.5) is 0 Å². The van der Waals surface area contributed by atoms with E-state index in [1.807, 2.05) is 0 Å². The first kappa shape index (κ1) is 9.00. The van der Waals surface area contributed by atoms with Crippen LogP contribution in [-0.2, 0) is 4.79 Å². The van der Waals surface area contributed by atoms with Crippen LogP contribution in [0.5, 0.6) is 0 Å². The van der Waals surface area contributed by atoms with Crippen molar-refractivity contribution >= 4 is 5.97 Å². The topological polar surface area (TPSA) is 63.3 Å². The number of carboxylic acids is 1. The van der Waals surface area contributed by atoms with E-state index >= 15 is 0 Å². The summed E-state index contributed by atoms with van der Waals surface area (Å²) in [4.78, 5) is 10.7. The van der Waals surface area contributed by atoms with Gasteiger partial charge in [0.05, 0.1) is 0 Å². The molecule has 0 unspecified atom stereocenters. The van der Waals surface area contributed by atoms with Gasteiger partial charge in [0.2, 0.25) is 0 Å². The van der Waals surface area contributed by atoms with Crippen molar-refractivity contribution in [2.24, 2.45) is 17.1 Å². The Morgan fingerprint density at radius 3 is 2.54 bits per heavy atom. The summed E-state index contributed by atoms with van der Waals surface area (Å²) in [5.41, 5.74) is 5.97. The Morgan fingerprint density at radius 2 is 2.00 bits per heavy atom. The lowest BCUT2D eigenvalue weighted by atomic mass is 9.83. The highest BCUT2D eigenvalue weighted by Gasteiger charge is 2.57. The minimum absolute atomic E-state index is 0.269. The predicted molar refractivity (Wildman–Crippen MR) is 49.2 cm³/mol. The molecule has 2 aliphatic carbocycles. The number of rotatable bonds is 2. The summed E-state index contributed by atoms with van der Waals surface area (Å²) >= 11 is 0. The highest BCUT2D eigenvalue weighted by atomic mass is 16.4. The van der Waals surface area contributed by atoms with E-state index in [1.165, 1.54) is 32.1 Å². The van der Waals surface area contributed by atoms with Gasteiger partial charge in [-0.25, -0.2) is 0 Å². The van der Waals surface area contributed by atoms with Crippen LogP contribution in [0.3, 0.4) is 0 Å². The molecule has 2 fully saturated rings. The van der Waals surface area contributed by atoms with E-state index in [0.717, 1.165) is 6.42 Å². The first-order chi connectivity index (χ1) is 6.16. The fourth-order valence-corrected chi connectivity index (χ4v) is 2.89. The third-order valence-electron chi connectivity index (χ3n) is 3.82. The van der Waals surface area contributed by atoms with E-state index in [2.05, 4.69) is 0 Å². The van der Waals surface area contributed by atoms with E-state index in [1.54, 1.807) is 0 Å². The molecule has 1 spiro atoms. The maximum absolute atomic E-state index is 10.7. The summed E-state index contributed by atoms with van der Waals surface area (Å²) in [6.45, 7) is 0. The Kier molecular flexibility index (Phi) is 2.06. The van der Waals surface area contributed by atoms with E-state index in [4.69, 9.17) is 10.8 Å². The lowest BCUT2D eigenvalue weighted by Crippen LogP contribution is -2.34. The minimum Gasteiger partial charge on any atom is -0.480 e. The first-order valence-electron chi connectivity index (χ1n) is 5.14. The molecule has 3 heteroatoms. The second-order valence-corrected chi connectivity index (χ2v) is 4.60. The minimum atomic E-state index is -0.826. The van der Waals surface area contributed by atoms with Gasteiger partial charge in [-0.1, -0.05) is 19.3 Å². The average Bonchev–Trinajstić information content (AvgIpc) is 2.79. The van der Waals surface area contributed by atoms with Crippen LogP contribution in [-0.4, -0.2) is 17.1 Å². The quantitative estimate of drug-likeness (QED) is 0.679. The van der Waals surface area contributed by atoms with Crippen molar-refractivity contribution in [3.05, 3.63) is 0 Å². The van der Waals surface area contributed by atoms with Crippen LogP contribution in [0, 0.1) is 11.3 Å². The van der Waals surface area contributed by atoms with Gasteiger partial charge >= 0.3 is 5.97 Å². The van der Waals surface area contributed by atoms with Crippen LogP contribution < -0.4 is 5.73 Å². The molecule has 0 saturated heterocycles. The summed E-state index contributed by atoms with van der Waals surface area (Å²) in [7, 11) is 0.